The predicted octanol–water partition coefficient (Wildman–Crippen LogP) is 4.02. The van der Waals surface area contributed by atoms with E-state index in [4.69, 9.17) is 0 Å². The standard InChI is InChI=1S/C23H26FN3O3/c1-4-5-12-23(17-7-9-18(24)10-8-17)21(29)27(22(30)26-23)14-20(28)25-19-11-6-15(2)13-16(19)3/h6-11,13H,4-5,12,14H2,1-3H3,(H,25,28)(H,26,30)/t23-/m1/s1. The van der Waals surface area contributed by atoms with Crippen LogP contribution in [0.15, 0.2) is 42.5 Å². The molecule has 0 spiro atoms. The molecule has 158 valence electrons. The van der Waals surface area contributed by atoms with Crippen LogP contribution in [0, 0.1) is 19.7 Å². The quantitative estimate of drug-likeness (QED) is 0.676. The fraction of sp³-hybridized carbons (Fsp3) is 0.348. The maximum Gasteiger partial charge on any atom is 0.325 e. The van der Waals surface area contributed by atoms with Crippen LogP contribution in [0.3, 0.4) is 0 Å². The Labute approximate surface area is 175 Å². The molecule has 1 aliphatic heterocycles. The van der Waals surface area contributed by atoms with Crippen molar-refractivity contribution in [2.24, 2.45) is 0 Å². The van der Waals surface area contributed by atoms with Crippen LogP contribution in [0.25, 0.3) is 0 Å². The summed E-state index contributed by atoms with van der Waals surface area (Å²) in [6.07, 6.45) is 1.88. The third-order valence-electron chi connectivity index (χ3n) is 5.38. The average molecular weight is 411 g/mol. The van der Waals surface area contributed by atoms with E-state index < -0.39 is 35.7 Å². The molecule has 4 amide bonds. The van der Waals surface area contributed by atoms with Crippen LogP contribution in [0.2, 0.25) is 0 Å². The van der Waals surface area contributed by atoms with Crippen molar-refractivity contribution in [3.8, 4) is 0 Å². The number of carbonyl (C=O) groups is 3. The molecular formula is C23H26FN3O3. The zero-order valence-electron chi connectivity index (χ0n) is 17.4. The highest BCUT2D eigenvalue weighted by molar-refractivity contribution is 6.10. The highest BCUT2D eigenvalue weighted by Crippen LogP contribution is 2.34. The number of anilines is 1. The number of nitrogens with zero attached hydrogens (tertiary/aromatic N) is 1. The van der Waals surface area contributed by atoms with Gasteiger partial charge in [0.2, 0.25) is 5.91 Å². The van der Waals surface area contributed by atoms with Gasteiger partial charge in [0, 0.05) is 5.69 Å². The predicted molar refractivity (Wildman–Crippen MR) is 112 cm³/mol. The van der Waals surface area contributed by atoms with E-state index in [1.807, 2.05) is 32.9 Å². The number of imide groups is 1. The minimum atomic E-state index is -1.29. The number of carbonyl (C=O) groups excluding carboxylic acids is 3. The number of hydrogen-bond donors (Lipinski definition) is 2. The molecule has 0 saturated carbocycles. The number of amides is 4. The number of aryl methyl sites for hydroxylation is 2. The van der Waals surface area contributed by atoms with Crippen LogP contribution in [0.5, 0.6) is 0 Å². The molecule has 0 bridgehead atoms. The molecule has 1 aliphatic rings. The Bertz CT molecular complexity index is 974. The van der Waals surface area contributed by atoms with Gasteiger partial charge in [-0.25, -0.2) is 9.18 Å². The van der Waals surface area contributed by atoms with Gasteiger partial charge in [0.05, 0.1) is 0 Å². The second-order valence-electron chi connectivity index (χ2n) is 7.70. The topological polar surface area (TPSA) is 78.5 Å². The Balaban J connectivity index is 1.82. The molecule has 0 aromatic heterocycles. The average Bonchev–Trinajstić information content (AvgIpc) is 2.94. The van der Waals surface area contributed by atoms with Gasteiger partial charge >= 0.3 is 6.03 Å². The number of rotatable bonds is 7. The van der Waals surface area contributed by atoms with Gasteiger partial charge in [-0.1, -0.05) is 49.6 Å². The first-order valence-electron chi connectivity index (χ1n) is 10.0. The van der Waals surface area contributed by atoms with E-state index in [1.54, 1.807) is 6.07 Å². The van der Waals surface area contributed by atoms with Gasteiger partial charge in [0.1, 0.15) is 17.9 Å². The highest BCUT2D eigenvalue weighted by atomic mass is 19.1. The van der Waals surface area contributed by atoms with Gasteiger partial charge in [-0.15, -0.1) is 0 Å². The summed E-state index contributed by atoms with van der Waals surface area (Å²) in [5.41, 5.74) is 1.81. The Kier molecular flexibility index (Phi) is 6.20. The van der Waals surface area contributed by atoms with Gasteiger partial charge in [-0.3, -0.25) is 14.5 Å². The first kappa shape index (κ1) is 21.5. The Morgan fingerprint density at radius 3 is 2.47 bits per heavy atom. The van der Waals surface area contributed by atoms with Gasteiger partial charge in [-0.2, -0.15) is 0 Å². The molecular weight excluding hydrogens is 385 g/mol. The minimum absolute atomic E-state index is 0.370. The maximum atomic E-state index is 13.4. The van der Waals surface area contributed by atoms with Crippen molar-refractivity contribution in [3.63, 3.8) is 0 Å². The summed E-state index contributed by atoms with van der Waals surface area (Å²) in [5.74, 6) is -1.38. The summed E-state index contributed by atoms with van der Waals surface area (Å²) in [5, 5.41) is 5.52. The van der Waals surface area contributed by atoms with Crippen LogP contribution in [0.1, 0.15) is 42.9 Å². The van der Waals surface area contributed by atoms with Crippen LogP contribution in [-0.4, -0.2) is 29.3 Å². The van der Waals surface area contributed by atoms with E-state index in [1.165, 1.54) is 24.3 Å². The smallest absolute Gasteiger partial charge is 0.324 e. The van der Waals surface area contributed by atoms with E-state index in [0.717, 1.165) is 22.4 Å². The molecule has 0 unspecified atom stereocenters. The van der Waals surface area contributed by atoms with Crippen LogP contribution in [-0.2, 0) is 15.1 Å². The van der Waals surface area contributed by atoms with E-state index in [9.17, 15) is 18.8 Å². The minimum Gasteiger partial charge on any atom is -0.324 e. The fourth-order valence-electron chi connectivity index (χ4n) is 3.74. The molecule has 3 rings (SSSR count). The van der Waals surface area contributed by atoms with E-state index in [-0.39, 0.29) is 0 Å². The second kappa shape index (κ2) is 8.65. The SMILES string of the molecule is CCCC[C@]1(c2ccc(F)cc2)NC(=O)N(CC(=O)Nc2ccc(C)cc2C)C1=O. The number of unbranched alkanes of at least 4 members (excludes halogenated alkanes) is 1. The number of hydrogen-bond acceptors (Lipinski definition) is 3. The van der Waals surface area contributed by atoms with Gasteiger partial charge in [-0.05, 0) is 49.6 Å². The monoisotopic (exact) mass is 411 g/mol. The van der Waals surface area contributed by atoms with Gasteiger partial charge < -0.3 is 10.6 Å². The molecule has 2 N–H and O–H groups in total. The van der Waals surface area contributed by atoms with Crippen molar-refractivity contribution in [3.05, 3.63) is 65.0 Å². The Morgan fingerprint density at radius 2 is 1.83 bits per heavy atom. The van der Waals surface area contributed by atoms with Gasteiger partial charge in [0.25, 0.3) is 5.91 Å². The van der Waals surface area contributed by atoms with E-state index in [0.29, 0.717) is 24.1 Å². The maximum absolute atomic E-state index is 13.4. The molecule has 1 heterocycles. The highest BCUT2D eigenvalue weighted by Gasteiger charge is 2.52. The first-order chi connectivity index (χ1) is 14.3. The summed E-state index contributed by atoms with van der Waals surface area (Å²) in [6, 6.07) is 10.5. The van der Waals surface area contributed by atoms with Crippen molar-refractivity contribution in [2.75, 3.05) is 11.9 Å². The van der Waals surface area contributed by atoms with Crippen molar-refractivity contribution in [1.29, 1.82) is 0 Å². The first-order valence-corrected chi connectivity index (χ1v) is 10.0. The number of halogens is 1. The molecule has 1 fully saturated rings. The molecule has 0 aliphatic carbocycles. The molecule has 2 aromatic carbocycles. The van der Waals surface area contributed by atoms with E-state index >= 15 is 0 Å². The van der Waals surface area contributed by atoms with Crippen molar-refractivity contribution >= 4 is 23.5 Å². The summed E-state index contributed by atoms with van der Waals surface area (Å²) >= 11 is 0. The zero-order chi connectivity index (χ0) is 21.9. The summed E-state index contributed by atoms with van der Waals surface area (Å²) in [6.45, 7) is 5.42. The van der Waals surface area contributed by atoms with Crippen molar-refractivity contribution in [1.82, 2.24) is 10.2 Å². The number of urea groups is 1. The van der Waals surface area contributed by atoms with Crippen LogP contribution < -0.4 is 10.6 Å². The van der Waals surface area contributed by atoms with Gasteiger partial charge in [0.15, 0.2) is 0 Å². The number of benzene rings is 2. The van der Waals surface area contributed by atoms with Crippen LogP contribution in [0.4, 0.5) is 14.9 Å². The lowest BCUT2D eigenvalue weighted by Gasteiger charge is -2.27. The third kappa shape index (κ3) is 4.20. The fourth-order valence-corrected chi connectivity index (χ4v) is 3.74. The third-order valence-corrected chi connectivity index (χ3v) is 5.38. The second-order valence-corrected chi connectivity index (χ2v) is 7.70. The molecule has 1 saturated heterocycles. The Hall–Kier alpha value is -3.22. The molecule has 2 aromatic rings. The van der Waals surface area contributed by atoms with Crippen molar-refractivity contribution in [2.45, 2.75) is 45.6 Å². The molecule has 0 radical (unpaired) electrons. The summed E-state index contributed by atoms with van der Waals surface area (Å²) in [4.78, 5) is 39.4. The normalized spacial score (nSPS) is 18.5. The van der Waals surface area contributed by atoms with E-state index in [2.05, 4.69) is 10.6 Å². The number of nitrogens with one attached hydrogen (secondary N) is 2. The lowest BCUT2D eigenvalue weighted by atomic mass is 9.85. The Morgan fingerprint density at radius 1 is 1.13 bits per heavy atom. The lowest BCUT2D eigenvalue weighted by Crippen LogP contribution is -2.44. The largest absolute Gasteiger partial charge is 0.325 e. The summed E-state index contributed by atoms with van der Waals surface area (Å²) in [7, 11) is 0. The van der Waals surface area contributed by atoms with Crippen LogP contribution >= 0.6 is 0 Å². The summed E-state index contributed by atoms with van der Waals surface area (Å²) < 4.78 is 13.4. The van der Waals surface area contributed by atoms with Crippen molar-refractivity contribution < 1.29 is 18.8 Å². The lowest BCUT2D eigenvalue weighted by molar-refractivity contribution is -0.134. The molecule has 7 heteroatoms. The molecule has 1 atom stereocenters. The molecule has 30 heavy (non-hydrogen) atoms. The zero-order valence-corrected chi connectivity index (χ0v) is 17.4. The molecule has 6 nitrogen and oxygen atoms in total.